The number of carbonyl (C=O) groups excluding carboxylic acids is 1. The minimum Gasteiger partial charge on any atom is -0.489 e. The number of hydrogen-bond donors (Lipinski definition) is 1. The van der Waals surface area contributed by atoms with Crippen LogP contribution in [0.1, 0.15) is 49.3 Å². The Hall–Kier alpha value is -3.51. The van der Waals surface area contributed by atoms with Gasteiger partial charge in [0.2, 0.25) is 0 Å². The lowest BCUT2D eigenvalue weighted by molar-refractivity contribution is -0.156. The Morgan fingerprint density at radius 3 is 2.71 bits per heavy atom. The lowest BCUT2D eigenvalue weighted by Gasteiger charge is -2.24. The molecule has 0 spiro atoms. The van der Waals surface area contributed by atoms with Gasteiger partial charge in [-0.3, -0.25) is 9.78 Å². The molecule has 1 N–H and O–H groups in total. The van der Waals surface area contributed by atoms with Crippen LogP contribution in [0.3, 0.4) is 0 Å². The number of nitrogens with zero attached hydrogens (tertiary/aromatic N) is 1. The number of hydrogen-bond acceptors (Lipinski definition) is 5. The van der Waals surface area contributed by atoms with E-state index >= 15 is 0 Å². The predicted molar refractivity (Wildman–Crippen MR) is 129 cm³/mol. The molecule has 0 unspecified atom stereocenters. The Morgan fingerprint density at radius 1 is 1.24 bits per heavy atom. The second-order valence-electron chi connectivity index (χ2n) is 8.77. The van der Waals surface area contributed by atoms with Gasteiger partial charge in [-0.15, -0.1) is 0 Å². The molecule has 2 atom stereocenters. The number of aliphatic hydroxyl groups is 1. The summed E-state index contributed by atoms with van der Waals surface area (Å²) in [5.74, 6) is 0.149. The highest BCUT2D eigenvalue weighted by Gasteiger charge is 2.25. The van der Waals surface area contributed by atoms with Crippen LogP contribution in [0.15, 0.2) is 67.0 Å². The molecular weight excluding hydrogens is 433 g/mol. The van der Waals surface area contributed by atoms with E-state index in [9.17, 15) is 14.3 Å². The fraction of sp³-hybridized carbons (Fsp3) is 0.286. The minimum atomic E-state index is -0.708. The Labute approximate surface area is 198 Å². The first kappa shape index (κ1) is 23.6. The van der Waals surface area contributed by atoms with Crippen molar-refractivity contribution in [2.45, 2.75) is 51.4 Å². The Kier molecular flexibility index (Phi) is 7.38. The van der Waals surface area contributed by atoms with Gasteiger partial charge in [-0.05, 0) is 64.6 Å². The van der Waals surface area contributed by atoms with Crippen molar-refractivity contribution in [1.29, 1.82) is 0 Å². The van der Waals surface area contributed by atoms with Crippen molar-refractivity contribution >= 4 is 12.0 Å². The maximum absolute atomic E-state index is 13.6. The van der Waals surface area contributed by atoms with Gasteiger partial charge in [-0.1, -0.05) is 38.1 Å². The molecule has 2 heterocycles. The fourth-order valence-corrected chi connectivity index (χ4v) is 4.04. The summed E-state index contributed by atoms with van der Waals surface area (Å²) in [6, 6.07) is 14.1. The Balaban J connectivity index is 1.73. The highest BCUT2D eigenvalue weighted by atomic mass is 19.1. The number of benzene rings is 2. The molecule has 34 heavy (non-hydrogen) atoms. The summed E-state index contributed by atoms with van der Waals surface area (Å²) in [5.41, 5.74) is 4.66. The molecular formula is C28H28FNO4. The van der Waals surface area contributed by atoms with Crippen molar-refractivity contribution < 1.29 is 23.8 Å². The topological polar surface area (TPSA) is 68.7 Å². The van der Waals surface area contributed by atoms with Crippen LogP contribution < -0.4 is 4.74 Å². The van der Waals surface area contributed by atoms with Crippen LogP contribution >= 0.6 is 0 Å². The van der Waals surface area contributed by atoms with Crippen LogP contribution in [0.2, 0.25) is 0 Å². The van der Waals surface area contributed by atoms with Gasteiger partial charge in [0.15, 0.2) is 0 Å². The monoisotopic (exact) mass is 461 g/mol. The van der Waals surface area contributed by atoms with E-state index in [1.807, 2.05) is 36.4 Å². The lowest BCUT2D eigenvalue weighted by Crippen LogP contribution is -2.31. The Bertz CT molecular complexity index is 1160. The first-order valence-corrected chi connectivity index (χ1v) is 11.4. The van der Waals surface area contributed by atoms with E-state index in [0.717, 1.165) is 27.8 Å². The van der Waals surface area contributed by atoms with E-state index < -0.39 is 18.2 Å². The summed E-state index contributed by atoms with van der Waals surface area (Å²) < 4.78 is 25.1. The van der Waals surface area contributed by atoms with E-state index in [-0.39, 0.29) is 18.2 Å². The van der Waals surface area contributed by atoms with E-state index in [1.165, 1.54) is 12.1 Å². The number of cyclic esters (lactones) is 1. The molecule has 4 rings (SSSR count). The molecule has 2 aromatic carbocycles. The fourth-order valence-electron chi connectivity index (χ4n) is 4.04. The van der Waals surface area contributed by atoms with Crippen LogP contribution in [-0.4, -0.2) is 28.3 Å². The molecule has 0 aliphatic carbocycles. The maximum Gasteiger partial charge on any atom is 0.309 e. The molecule has 1 aromatic heterocycles. The average molecular weight is 462 g/mol. The molecule has 1 saturated heterocycles. The summed E-state index contributed by atoms with van der Waals surface area (Å²) >= 11 is 0. The van der Waals surface area contributed by atoms with E-state index in [0.29, 0.717) is 18.8 Å². The van der Waals surface area contributed by atoms with Crippen LogP contribution in [0, 0.1) is 5.82 Å². The standard InChI is InChI=1S/C28H28FNO4/c1-18(2)26-14-24(33-17-19-4-3-11-30-16-19)15-27(20-5-7-21(29)8-6-20)25(26)10-9-23-12-22(31)13-28(32)34-23/h3-11,14-16,18,22-23,31H,12-13,17H2,1-2H3/b10-9+/t22-,23-/m0/s1. The van der Waals surface area contributed by atoms with Crippen molar-refractivity contribution in [2.24, 2.45) is 0 Å². The lowest BCUT2D eigenvalue weighted by atomic mass is 9.89. The van der Waals surface area contributed by atoms with Crippen molar-refractivity contribution in [2.75, 3.05) is 0 Å². The molecule has 1 fully saturated rings. The smallest absolute Gasteiger partial charge is 0.309 e. The quantitative estimate of drug-likeness (QED) is 0.459. The number of aromatic nitrogens is 1. The second kappa shape index (κ2) is 10.6. The largest absolute Gasteiger partial charge is 0.489 e. The Morgan fingerprint density at radius 2 is 2.03 bits per heavy atom. The zero-order valence-corrected chi connectivity index (χ0v) is 19.3. The molecule has 3 aromatic rings. The van der Waals surface area contributed by atoms with Gasteiger partial charge in [0.05, 0.1) is 12.5 Å². The minimum absolute atomic E-state index is 0.0192. The first-order chi connectivity index (χ1) is 16.4. The molecule has 0 radical (unpaired) electrons. The number of aliphatic hydroxyl groups excluding tert-OH is 1. The average Bonchev–Trinajstić information content (AvgIpc) is 2.82. The van der Waals surface area contributed by atoms with E-state index in [1.54, 1.807) is 24.5 Å². The van der Waals surface area contributed by atoms with E-state index in [2.05, 4.69) is 18.8 Å². The van der Waals surface area contributed by atoms with Gasteiger partial charge < -0.3 is 14.6 Å². The molecule has 0 bridgehead atoms. The zero-order valence-electron chi connectivity index (χ0n) is 19.3. The third-order valence-electron chi connectivity index (χ3n) is 5.76. The van der Waals surface area contributed by atoms with Crippen LogP contribution in [0.5, 0.6) is 5.75 Å². The van der Waals surface area contributed by atoms with Gasteiger partial charge in [-0.2, -0.15) is 0 Å². The highest BCUT2D eigenvalue weighted by molar-refractivity contribution is 5.79. The van der Waals surface area contributed by atoms with Gasteiger partial charge in [0.1, 0.15) is 24.3 Å². The third kappa shape index (κ3) is 5.88. The predicted octanol–water partition coefficient (Wildman–Crippen LogP) is 5.67. The third-order valence-corrected chi connectivity index (χ3v) is 5.76. The summed E-state index contributed by atoms with van der Waals surface area (Å²) in [7, 11) is 0. The van der Waals surface area contributed by atoms with Crippen LogP contribution in [0.4, 0.5) is 4.39 Å². The SMILES string of the molecule is CC(C)c1cc(OCc2cccnc2)cc(-c2ccc(F)cc2)c1/C=C/[C@H]1C[C@H](O)CC(=O)O1. The summed E-state index contributed by atoms with van der Waals surface area (Å²) in [4.78, 5) is 15.9. The molecule has 1 aliphatic rings. The maximum atomic E-state index is 13.6. The van der Waals surface area contributed by atoms with Crippen molar-refractivity contribution in [3.8, 4) is 16.9 Å². The normalized spacial score (nSPS) is 18.3. The molecule has 1 aliphatic heterocycles. The number of halogens is 1. The van der Waals surface area contributed by atoms with E-state index in [4.69, 9.17) is 9.47 Å². The molecule has 6 heteroatoms. The number of pyridine rings is 1. The number of esters is 1. The molecule has 0 amide bonds. The molecule has 5 nitrogen and oxygen atoms in total. The summed E-state index contributed by atoms with van der Waals surface area (Å²) in [5, 5.41) is 9.95. The van der Waals surface area contributed by atoms with Gasteiger partial charge in [-0.25, -0.2) is 4.39 Å². The summed E-state index contributed by atoms with van der Waals surface area (Å²) in [6.45, 7) is 4.56. The van der Waals surface area contributed by atoms with Crippen molar-refractivity contribution in [3.05, 3.63) is 89.5 Å². The van der Waals surface area contributed by atoms with Crippen LogP contribution in [-0.2, 0) is 16.1 Å². The second-order valence-corrected chi connectivity index (χ2v) is 8.77. The first-order valence-electron chi connectivity index (χ1n) is 11.4. The highest BCUT2D eigenvalue weighted by Crippen LogP contribution is 2.36. The zero-order chi connectivity index (χ0) is 24.1. The number of rotatable bonds is 7. The molecule has 176 valence electrons. The van der Waals surface area contributed by atoms with Gasteiger partial charge >= 0.3 is 5.97 Å². The summed E-state index contributed by atoms with van der Waals surface area (Å²) in [6.07, 6.45) is 6.39. The van der Waals surface area contributed by atoms with Gasteiger partial charge in [0, 0.05) is 24.4 Å². The van der Waals surface area contributed by atoms with Crippen molar-refractivity contribution in [3.63, 3.8) is 0 Å². The number of carbonyl (C=O) groups is 1. The number of ether oxygens (including phenoxy) is 2. The van der Waals surface area contributed by atoms with Crippen molar-refractivity contribution in [1.82, 2.24) is 4.98 Å². The van der Waals surface area contributed by atoms with Crippen LogP contribution in [0.25, 0.3) is 17.2 Å². The molecule has 0 saturated carbocycles. The van der Waals surface area contributed by atoms with Gasteiger partial charge in [0.25, 0.3) is 0 Å².